The van der Waals surface area contributed by atoms with E-state index in [1.54, 1.807) is 5.88 Å². The monoisotopic (exact) mass is 133 g/mol. The lowest BCUT2D eigenvalue weighted by Crippen LogP contribution is -1.91. The van der Waals surface area contributed by atoms with Gasteiger partial charge in [-0.1, -0.05) is 0 Å². The summed E-state index contributed by atoms with van der Waals surface area (Å²) in [7, 11) is 0. The summed E-state index contributed by atoms with van der Waals surface area (Å²) >= 11 is 5.33. The van der Waals surface area contributed by atoms with Crippen molar-refractivity contribution in [1.82, 2.24) is 0 Å². The zero-order chi connectivity index (χ0) is 5.61. The van der Waals surface area contributed by atoms with Crippen molar-refractivity contribution in [2.24, 2.45) is 0 Å². The van der Waals surface area contributed by atoms with Gasteiger partial charge in [-0.2, -0.15) is 0 Å². The first-order chi connectivity index (χ1) is 3.87. The number of rotatable bonds is 2. The molecular formula is C5H6ClO2. The molecule has 1 spiro atoms. The Labute approximate surface area is 52.7 Å². The van der Waals surface area contributed by atoms with E-state index in [2.05, 4.69) is 0 Å². The maximum atomic E-state index is 5.33. The van der Waals surface area contributed by atoms with Gasteiger partial charge in [0.1, 0.15) is 12.7 Å². The van der Waals surface area contributed by atoms with Gasteiger partial charge in [0.05, 0.1) is 5.88 Å². The molecule has 2 atom stereocenters. The fourth-order valence-corrected chi connectivity index (χ4v) is 1.00. The van der Waals surface area contributed by atoms with Gasteiger partial charge in [0.2, 0.25) is 5.79 Å². The SMILES string of the molecule is Cl[CH]CC1OC12CO2. The first-order valence-electron chi connectivity index (χ1n) is 2.61. The van der Waals surface area contributed by atoms with Gasteiger partial charge < -0.3 is 9.47 Å². The molecule has 1 radical (unpaired) electrons. The largest absolute Gasteiger partial charge is 0.340 e. The summed E-state index contributed by atoms with van der Waals surface area (Å²) in [5.74, 6) is 1.44. The summed E-state index contributed by atoms with van der Waals surface area (Å²) in [6.07, 6.45) is 1.07. The van der Waals surface area contributed by atoms with E-state index in [1.807, 2.05) is 0 Å². The summed E-state index contributed by atoms with van der Waals surface area (Å²) in [6, 6.07) is 0. The van der Waals surface area contributed by atoms with E-state index in [0.29, 0.717) is 0 Å². The third-order valence-electron chi connectivity index (χ3n) is 1.51. The minimum atomic E-state index is -0.147. The standard InChI is InChI=1S/C5H6ClO2/c6-2-1-4-5(8-4)3-7-5/h2,4H,1,3H2. The van der Waals surface area contributed by atoms with Crippen LogP contribution in [0.25, 0.3) is 0 Å². The first-order valence-corrected chi connectivity index (χ1v) is 3.05. The van der Waals surface area contributed by atoms with Gasteiger partial charge in [-0.15, -0.1) is 11.6 Å². The van der Waals surface area contributed by atoms with Crippen molar-refractivity contribution < 1.29 is 9.47 Å². The molecule has 2 fully saturated rings. The highest BCUT2D eigenvalue weighted by Crippen LogP contribution is 2.50. The Balaban J connectivity index is 1.80. The topological polar surface area (TPSA) is 25.1 Å². The minimum Gasteiger partial charge on any atom is -0.340 e. The lowest BCUT2D eigenvalue weighted by Gasteiger charge is -1.78. The number of ether oxygens (including phenoxy) is 2. The van der Waals surface area contributed by atoms with Gasteiger partial charge in [0.15, 0.2) is 0 Å². The Bertz CT molecular complexity index is 111. The Morgan fingerprint density at radius 1 is 1.88 bits per heavy atom. The van der Waals surface area contributed by atoms with E-state index >= 15 is 0 Å². The van der Waals surface area contributed by atoms with Gasteiger partial charge in [0, 0.05) is 0 Å². The Hall–Kier alpha value is 0.210. The predicted octanol–water partition coefficient (Wildman–Crippen LogP) is 0.902. The van der Waals surface area contributed by atoms with Crippen molar-refractivity contribution in [2.45, 2.75) is 18.3 Å². The lowest BCUT2D eigenvalue weighted by molar-refractivity contribution is 0.251. The molecule has 45 valence electrons. The van der Waals surface area contributed by atoms with E-state index in [-0.39, 0.29) is 11.9 Å². The number of halogens is 1. The molecule has 0 amide bonds. The molecule has 0 aliphatic carbocycles. The molecule has 2 aliphatic heterocycles. The smallest absolute Gasteiger partial charge is 0.219 e. The van der Waals surface area contributed by atoms with Crippen molar-refractivity contribution in [1.29, 1.82) is 0 Å². The Morgan fingerprint density at radius 3 is 3.00 bits per heavy atom. The van der Waals surface area contributed by atoms with E-state index in [1.165, 1.54) is 0 Å². The van der Waals surface area contributed by atoms with Crippen LogP contribution in [-0.4, -0.2) is 18.5 Å². The summed E-state index contributed by atoms with van der Waals surface area (Å²) in [4.78, 5) is 0. The lowest BCUT2D eigenvalue weighted by atomic mass is 10.3. The van der Waals surface area contributed by atoms with Gasteiger partial charge in [-0.3, -0.25) is 0 Å². The van der Waals surface area contributed by atoms with Crippen molar-refractivity contribution >= 4 is 11.6 Å². The maximum absolute atomic E-state index is 5.33. The van der Waals surface area contributed by atoms with Gasteiger partial charge >= 0.3 is 0 Å². The van der Waals surface area contributed by atoms with Crippen LogP contribution in [0.4, 0.5) is 0 Å². The zero-order valence-corrected chi connectivity index (χ0v) is 5.02. The molecule has 2 saturated heterocycles. The molecule has 3 heteroatoms. The van der Waals surface area contributed by atoms with Crippen LogP contribution in [0.5, 0.6) is 0 Å². The fourth-order valence-electron chi connectivity index (χ4n) is 0.840. The molecule has 2 unspecified atom stereocenters. The number of epoxide rings is 2. The van der Waals surface area contributed by atoms with Crippen LogP contribution in [0.2, 0.25) is 0 Å². The molecule has 0 aromatic heterocycles. The second kappa shape index (κ2) is 1.38. The van der Waals surface area contributed by atoms with Crippen LogP contribution >= 0.6 is 11.6 Å². The zero-order valence-electron chi connectivity index (χ0n) is 4.26. The molecule has 2 rings (SSSR count). The molecule has 0 aromatic carbocycles. The summed E-state index contributed by atoms with van der Waals surface area (Å²) in [5, 5.41) is 0. The summed E-state index contributed by atoms with van der Waals surface area (Å²) < 4.78 is 10.1. The van der Waals surface area contributed by atoms with E-state index in [0.717, 1.165) is 13.0 Å². The molecule has 2 aliphatic rings. The molecule has 2 heterocycles. The average molecular weight is 134 g/mol. The molecular weight excluding hydrogens is 128 g/mol. The molecule has 0 bridgehead atoms. The van der Waals surface area contributed by atoms with Gasteiger partial charge in [0.25, 0.3) is 0 Å². The fraction of sp³-hybridized carbons (Fsp3) is 0.800. The number of hydrogen-bond acceptors (Lipinski definition) is 2. The highest BCUT2D eigenvalue weighted by Gasteiger charge is 2.68. The van der Waals surface area contributed by atoms with Crippen molar-refractivity contribution in [2.75, 3.05) is 6.61 Å². The van der Waals surface area contributed by atoms with Crippen LogP contribution < -0.4 is 0 Å². The normalized spacial score (nSPS) is 49.9. The highest BCUT2D eigenvalue weighted by atomic mass is 35.5. The molecule has 0 aromatic rings. The van der Waals surface area contributed by atoms with Crippen LogP contribution in [0.1, 0.15) is 6.42 Å². The van der Waals surface area contributed by atoms with Gasteiger partial charge in [-0.05, 0) is 6.42 Å². The van der Waals surface area contributed by atoms with Crippen molar-refractivity contribution in [3.8, 4) is 0 Å². The third-order valence-corrected chi connectivity index (χ3v) is 1.69. The number of hydrogen-bond donors (Lipinski definition) is 0. The highest BCUT2D eigenvalue weighted by molar-refractivity contribution is 6.23. The molecule has 0 saturated carbocycles. The average Bonchev–Trinajstić information content (AvgIpc) is 2.57. The van der Waals surface area contributed by atoms with Crippen LogP contribution in [-0.2, 0) is 9.47 Å². The molecule has 8 heavy (non-hydrogen) atoms. The minimum absolute atomic E-state index is 0.147. The van der Waals surface area contributed by atoms with Gasteiger partial charge in [-0.25, -0.2) is 0 Å². The Kier molecular flexibility index (Phi) is 0.866. The van der Waals surface area contributed by atoms with Crippen molar-refractivity contribution in [3.05, 3.63) is 5.88 Å². The first kappa shape index (κ1) is 5.03. The molecule has 0 N–H and O–H groups in total. The van der Waals surface area contributed by atoms with E-state index in [4.69, 9.17) is 21.1 Å². The van der Waals surface area contributed by atoms with Crippen LogP contribution in [0.3, 0.4) is 0 Å². The van der Waals surface area contributed by atoms with E-state index < -0.39 is 0 Å². The Morgan fingerprint density at radius 2 is 2.62 bits per heavy atom. The summed E-state index contributed by atoms with van der Waals surface area (Å²) in [6.45, 7) is 0.766. The maximum Gasteiger partial charge on any atom is 0.219 e. The second-order valence-corrected chi connectivity index (χ2v) is 2.41. The van der Waals surface area contributed by atoms with E-state index in [9.17, 15) is 0 Å². The quantitative estimate of drug-likeness (QED) is 0.523. The third kappa shape index (κ3) is 0.569. The molecule has 2 nitrogen and oxygen atoms in total. The van der Waals surface area contributed by atoms with Crippen LogP contribution in [0, 0.1) is 5.88 Å². The predicted molar refractivity (Wildman–Crippen MR) is 28.3 cm³/mol. The van der Waals surface area contributed by atoms with Crippen molar-refractivity contribution in [3.63, 3.8) is 0 Å². The second-order valence-electron chi connectivity index (χ2n) is 2.10. The van der Waals surface area contributed by atoms with Crippen LogP contribution in [0.15, 0.2) is 0 Å². The summed E-state index contributed by atoms with van der Waals surface area (Å²) in [5.41, 5.74) is 0.